The summed E-state index contributed by atoms with van der Waals surface area (Å²) in [7, 11) is 0. The molecule has 0 saturated heterocycles. The van der Waals surface area contributed by atoms with Crippen LogP contribution >= 0.6 is 23.3 Å². The van der Waals surface area contributed by atoms with Gasteiger partial charge in [-0.2, -0.15) is 0 Å². The molecule has 0 bridgehead atoms. The first-order chi connectivity index (χ1) is 11.7. The van der Waals surface area contributed by atoms with E-state index in [1.165, 1.54) is 35.4 Å². The predicted molar refractivity (Wildman–Crippen MR) is 99.0 cm³/mol. The Kier molecular flexibility index (Phi) is 5.12. The Labute approximate surface area is 147 Å². The van der Waals surface area contributed by atoms with Gasteiger partial charge < -0.3 is 10.0 Å². The minimum Gasteiger partial charge on any atom is -0.330 e. The molecule has 1 aromatic heterocycles. The summed E-state index contributed by atoms with van der Waals surface area (Å²) in [5.41, 5.74) is 2.72. The quantitative estimate of drug-likeness (QED) is 0.637. The number of anilines is 2. The lowest BCUT2D eigenvalue weighted by molar-refractivity contribution is 0.102. The summed E-state index contributed by atoms with van der Waals surface area (Å²) < 4.78 is 16.1. The molecule has 2 aromatic carbocycles. The highest BCUT2D eigenvalue weighted by Crippen LogP contribution is 2.24. The maximum atomic E-state index is 13.0. The molecule has 3 aromatic rings. The first-order valence-corrected chi connectivity index (χ1v) is 9.18. The molecule has 24 heavy (non-hydrogen) atoms. The molecule has 1 heterocycles. The van der Waals surface area contributed by atoms with Gasteiger partial charge in [-0.1, -0.05) is 18.0 Å². The minimum atomic E-state index is -0.299. The molecule has 0 aliphatic rings. The highest BCUT2D eigenvalue weighted by Gasteiger charge is 2.12. The van der Waals surface area contributed by atoms with Crippen LogP contribution in [0.1, 0.15) is 10.5 Å². The van der Waals surface area contributed by atoms with Crippen molar-refractivity contribution in [2.24, 2.45) is 0 Å². The van der Waals surface area contributed by atoms with Crippen LogP contribution in [0, 0.1) is 5.82 Å². The lowest BCUT2D eigenvalue weighted by Gasteiger charge is -2.06. The maximum absolute atomic E-state index is 13.0. The summed E-state index contributed by atoms with van der Waals surface area (Å²) in [4.78, 5) is 16.7. The number of amides is 1. The van der Waals surface area contributed by atoms with Crippen LogP contribution < -0.4 is 10.0 Å². The number of nitrogens with one attached hydrogen (secondary N) is 2. The van der Waals surface area contributed by atoms with Gasteiger partial charge in [-0.3, -0.25) is 4.79 Å². The predicted octanol–water partition coefficient (Wildman–Crippen LogP) is 4.89. The van der Waals surface area contributed by atoms with Gasteiger partial charge in [0.05, 0.1) is 0 Å². The van der Waals surface area contributed by atoms with Crippen molar-refractivity contribution >= 4 is 40.6 Å². The van der Waals surface area contributed by atoms with Gasteiger partial charge in [0.1, 0.15) is 16.5 Å². The SMILES string of the molecule is CSNc1cccc(NC(=O)c2csc(-c3ccc(F)cc3)n2)c1. The molecular weight excluding hydrogens is 345 g/mol. The summed E-state index contributed by atoms with van der Waals surface area (Å²) in [6, 6.07) is 13.5. The third-order valence-corrected chi connectivity index (χ3v) is 4.50. The number of thiazole rings is 1. The number of carbonyl (C=O) groups is 1. The number of hydrogen-bond donors (Lipinski definition) is 2. The second-order valence-electron chi connectivity index (χ2n) is 4.89. The van der Waals surface area contributed by atoms with Crippen LogP contribution in [-0.2, 0) is 0 Å². The molecule has 0 spiro atoms. The molecule has 1 amide bonds. The van der Waals surface area contributed by atoms with Gasteiger partial charge in [-0.25, -0.2) is 9.37 Å². The lowest BCUT2D eigenvalue weighted by Crippen LogP contribution is -2.12. The van der Waals surface area contributed by atoms with Crippen LogP contribution in [0.25, 0.3) is 10.6 Å². The minimum absolute atomic E-state index is 0.277. The van der Waals surface area contributed by atoms with Gasteiger partial charge in [0.2, 0.25) is 0 Å². The zero-order valence-corrected chi connectivity index (χ0v) is 14.4. The molecule has 0 fully saturated rings. The van der Waals surface area contributed by atoms with Crippen LogP contribution in [0.15, 0.2) is 53.9 Å². The van der Waals surface area contributed by atoms with E-state index in [0.717, 1.165) is 11.3 Å². The van der Waals surface area contributed by atoms with Crippen molar-refractivity contribution in [2.75, 3.05) is 16.3 Å². The molecule has 0 saturated carbocycles. The van der Waals surface area contributed by atoms with Crippen LogP contribution in [0.3, 0.4) is 0 Å². The number of benzene rings is 2. The van der Waals surface area contributed by atoms with E-state index >= 15 is 0 Å². The molecule has 4 nitrogen and oxygen atoms in total. The summed E-state index contributed by atoms with van der Waals surface area (Å²) in [6.07, 6.45) is 1.93. The molecule has 0 aliphatic heterocycles. The van der Waals surface area contributed by atoms with Crippen molar-refractivity contribution in [3.8, 4) is 10.6 Å². The van der Waals surface area contributed by atoms with E-state index in [-0.39, 0.29) is 11.7 Å². The third kappa shape index (κ3) is 3.93. The number of carbonyl (C=O) groups excluding carboxylic acids is 1. The van der Waals surface area contributed by atoms with E-state index in [9.17, 15) is 9.18 Å². The lowest BCUT2D eigenvalue weighted by atomic mass is 10.2. The number of halogens is 1. The number of hydrogen-bond acceptors (Lipinski definition) is 5. The Morgan fingerprint density at radius 1 is 1.17 bits per heavy atom. The van der Waals surface area contributed by atoms with Gasteiger partial charge in [0.15, 0.2) is 0 Å². The van der Waals surface area contributed by atoms with Crippen molar-refractivity contribution in [3.05, 3.63) is 65.4 Å². The first kappa shape index (κ1) is 16.5. The van der Waals surface area contributed by atoms with E-state index in [1.807, 2.05) is 30.5 Å². The maximum Gasteiger partial charge on any atom is 0.275 e. The Morgan fingerprint density at radius 3 is 2.67 bits per heavy atom. The van der Waals surface area contributed by atoms with Crippen molar-refractivity contribution in [3.63, 3.8) is 0 Å². The average Bonchev–Trinajstić information content (AvgIpc) is 3.06. The van der Waals surface area contributed by atoms with E-state index in [2.05, 4.69) is 15.0 Å². The van der Waals surface area contributed by atoms with Gasteiger partial charge in [-0.15, -0.1) is 11.3 Å². The summed E-state index contributed by atoms with van der Waals surface area (Å²) >= 11 is 2.83. The highest BCUT2D eigenvalue weighted by atomic mass is 32.2. The fourth-order valence-electron chi connectivity index (χ4n) is 2.08. The average molecular weight is 359 g/mol. The van der Waals surface area contributed by atoms with Gasteiger partial charge >= 0.3 is 0 Å². The zero-order valence-electron chi connectivity index (χ0n) is 12.7. The second-order valence-corrected chi connectivity index (χ2v) is 6.36. The van der Waals surface area contributed by atoms with Crippen LogP contribution in [0.5, 0.6) is 0 Å². The number of aromatic nitrogens is 1. The fourth-order valence-corrected chi connectivity index (χ4v) is 3.25. The Balaban J connectivity index is 1.74. The zero-order chi connectivity index (χ0) is 16.9. The third-order valence-electron chi connectivity index (χ3n) is 3.17. The van der Waals surface area contributed by atoms with E-state index in [1.54, 1.807) is 17.5 Å². The molecule has 3 rings (SSSR count). The Hall–Kier alpha value is -2.38. The molecule has 2 N–H and O–H groups in total. The molecular formula is C17H14FN3OS2. The van der Waals surface area contributed by atoms with Gasteiger partial charge in [0.25, 0.3) is 5.91 Å². The van der Waals surface area contributed by atoms with E-state index < -0.39 is 0 Å². The number of nitrogens with zero attached hydrogens (tertiary/aromatic N) is 1. The van der Waals surface area contributed by atoms with Crippen molar-refractivity contribution in [2.45, 2.75) is 0 Å². The molecule has 0 radical (unpaired) electrons. The Bertz CT molecular complexity index is 849. The molecule has 0 unspecified atom stereocenters. The topological polar surface area (TPSA) is 54.0 Å². The first-order valence-electron chi connectivity index (χ1n) is 7.07. The monoisotopic (exact) mass is 359 g/mol. The van der Waals surface area contributed by atoms with Gasteiger partial charge in [0, 0.05) is 28.6 Å². The second kappa shape index (κ2) is 7.46. The Morgan fingerprint density at radius 2 is 1.92 bits per heavy atom. The fraction of sp³-hybridized carbons (Fsp3) is 0.0588. The molecule has 0 atom stereocenters. The summed E-state index contributed by atoms with van der Waals surface area (Å²) in [6.45, 7) is 0. The van der Waals surface area contributed by atoms with E-state index in [4.69, 9.17) is 0 Å². The molecule has 0 aliphatic carbocycles. The van der Waals surface area contributed by atoms with Crippen molar-refractivity contribution in [1.82, 2.24) is 4.98 Å². The largest absolute Gasteiger partial charge is 0.330 e. The molecule has 122 valence electrons. The van der Waals surface area contributed by atoms with Gasteiger partial charge in [-0.05, 0) is 42.5 Å². The molecule has 7 heteroatoms. The van der Waals surface area contributed by atoms with Crippen molar-refractivity contribution in [1.29, 1.82) is 0 Å². The van der Waals surface area contributed by atoms with Crippen LogP contribution in [-0.4, -0.2) is 17.1 Å². The number of rotatable bonds is 5. The smallest absolute Gasteiger partial charge is 0.275 e. The normalized spacial score (nSPS) is 10.4. The summed E-state index contributed by atoms with van der Waals surface area (Å²) in [5.74, 6) is -0.576. The van der Waals surface area contributed by atoms with Crippen LogP contribution in [0.4, 0.5) is 15.8 Å². The standard InChI is InChI=1S/C17H14FN3OS2/c1-23-21-14-4-2-3-13(9-14)19-16(22)15-10-24-17(20-15)11-5-7-12(18)8-6-11/h2-10,21H,1H3,(H,19,22). The summed E-state index contributed by atoms with van der Waals surface area (Å²) in [5, 5.41) is 5.20. The van der Waals surface area contributed by atoms with Crippen molar-refractivity contribution < 1.29 is 9.18 Å². The highest BCUT2D eigenvalue weighted by molar-refractivity contribution is 7.99. The van der Waals surface area contributed by atoms with E-state index in [0.29, 0.717) is 16.4 Å². The van der Waals surface area contributed by atoms with Crippen LogP contribution in [0.2, 0.25) is 0 Å².